The van der Waals surface area contributed by atoms with E-state index in [0.29, 0.717) is 11.4 Å². The summed E-state index contributed by atoms with van der Waals surface area (Å²) in [5.74, 6) is 6.13. The van der Waals surface area contributed by atoms with Gasteiger partial charge in [0.1, 0.15) is 0 Å². The van der Waals surface area contributed by atoms with Gasteiger partial charge in [-0.25, -0.2) is 0 Å². The van der Waals surface area contributed by atoms with E-state index in [2.05, 4.69) is 21.2 Å². The number of alkyl halides is 1. The van der Waals surface area contributed by atoms with Crippen LogP contribution >= 0.6 is 28.3 Å². The molecule has 0 saturated heterocycles. The molecule has 1 amide bonds. The monoisotopic (exact) mass is 514 g/mol. The van der Waals surface area contributed by atoms with Crippen molar-refractivity contribution in [3.8, 4) is 0 Å². The van der Waals surface area contributed by atoms with Crippen LogP contribution in [-0.4, -0.2) is 22.3 Å². The lowest BCUT2D eigenvalue weighted by Gasteiger charge is -2.56. The molecule has 0 unspecified atom stereocenters. The Morgan fingerprint density at radius 3 is 1.55 bits per heavy atom. The minimum Gasteiger partial charge on any atom is -0.351 e. The van der Waals surface area contributed by atoms with Gasteiger partial charge in [0.2, 0.25) is 5.91 Å². The fourth-order valence-electron chi connectivity index (χ4n) is 9.36. The third-order valence-electron chi connectivity index (χ3n) is 9.57. The van der Waals surface area contributed by atoms with E-state index >= 15 is 0 Å². The van der Waals surface area contributed by atoms with E-state index in [1.54, 1.807) is 0 Å². The molecule has 8 saturated carbocycles. The van der Waals surface area contributed by atoms with Gasteiger partial charge in [0.25, 0.3) is 0 Å². The molecule has 8 bridgehead atoms. The Labute approximate surface area is 204 Å². The average Bonchev–Trinajstić information content (AvgIpc) is 2.62. The molecule has 0 atom stereocenters. The van der Waals surface area contributed by atoms with Crippen molar-refractivity contribution < 1.29 is 4.79 Å². The topological polar surface area (TPSA) is 55.1 Å². The van der Waals surface area contributed by atoms with Crippen LogP contribution in [0.3, 0.4) is 0 Å². The smallest absolute Gasteiger partial charge is 0.220 e. The van der Waals surface area contributed by atoms with Crippen molar-refractivity contribution in [1.29, 1.82) is 0 Å². The van der Waals surface area contributed by atoms with Crippen molar-refractivity contribution in [1.82, 2.24) is 5.32 Å². The molecule has 0 aromatic rings. The molecule has 0 spiro atoms. The molecule has 3 nitrogen and oxygen atoms in total. The second kappa shape index (κ2) is 9.82. The molecule has 5 heteroatoms. The van der Waals surface area contributed by atoms with Crippen LogP contribution in [0.5, 0.6) is 0 Å². The summed E-state index contributed by atoms with van der Waals surface area (Å²) in [6.45, 7) is 0. The summed E-state index contributed by atoms with van der Waals surface area (Å²) in [5, 5.41) is 4.51. The number of rotatable bonds is 6. The number of hydrogen-bond acceptors (Lipinski definition) is 2. The molecular formula is C26H44BrClN2O. The van der Waals surface area contributed by atoms with Gasteiger partial charge in [-0.2, -0.15) is 0 Å². The van der Waals surface area contributed by atoms with E-state index in [0.717, 1.165) is 53.7 Å². The van der Waals surface area contributed by atoms with Crippen molar-refractivity contribution >= 4 is 34.2 Å². The lowest BCUT2D eigenvalue weighted by atomic mass is 9.53. The molecule has 31 heavy (non-hydrogen) atoms. The van der Waals surface area contributed by atoms with Gasteiger partial charge < -0.3 is 11.1 Å². The first-order chi connectivity index (χ1) is 14.4. The summed E-state index contributed by atoms with van der Waals surface area (Å²) in [4.78, 5) is 12.2. The normalized spacial score (nSPS) is 45.6. The number of amides is 1. The molecule has 178 valence electrons. The van der Waals surface area contributed by atoms with Crippen molar-refractivity contribution in [2.75, 3.05) is 5.33 Å². The van der Waals surface area contributed by atoms with Crippen LogP contribution in [-0.2, 0) is 4.79 Å². The molecule has 8 aliphatic carbocycles. The summed E-state index contributed by atoms with van der Waals surface area (Å²) < 4.78 is 0. The molecule has 3 N–H and O–H groups in total. The highest BCUT2D eigenvalue weighted by atomic mass is 79.9. The Bertz CT molecular complexity index is 568. The van der Waals surface area contributed by atoms with E-state index in [4.69, 9.17) is 5.73 Å². The zero-order valence-electron chi connectivity index (χ0n) is 19.3. The third-order valence-corrected chi connectivity index (χ3v) is 10.1. The zero-order chi connectivity index (χ0) is 20.8. The largest absolute Gasteiger partial charge is 0.351 e. The van der Waals surface area contributed by atoms with Gasteiger partial charge in [0.05, 0.1) is 0 Å². The van der Waals surface area contributed by atoms with Crippen LogP contribution in [0.1, 0.15) is 103 Å². The molecule has 0 heterocycles. The van der Waals surface area contributed by atoms with Gasteiger partial charge in [-0.3, -0.25) is 4.79 Å². The highest BCUT2D eigenvalue weighted by Crippen LogP contribution is 2.56. The summed E-state index contributed by atoms with van der Waals surface area (Å²) in [6, 6.07) is 0. The molecule has 8 fully saturated rings. The van der Waals surface area contributed by atoms with Crippen LogP contribution in [0.4, 0.5) is 0 Å². The summed E-state index contributed by atoms with van der Waals surface area (Å²) in [6.07, 6.45) is 20.8. The minimum absolute atomic E-state index is 0. The Kier molecular flexibility index (Phi) is 7.71. The van der Waals surface area contributed by atoms with Gasteiger partial charge in [-0.15, -0.1) is 12.4 Å². The predicted molar refractivity (Wildman–Crippen MR) is 134 cm³/mol. The van der Waals surface area contributed by atoms with Crippen LogP contribution in [0, 0.1) is 35.5 Å². The number of nitrogens with one attached hydrogen (secondary N) is 1. The van der Waals surface area contributed by atoms with Gasteiger partial charge in [0, 0.05) is 22.8 Å². The SMILES string of the molecule is Cl.NC12CC3CC(CC(C3)C1)C2.O=C(CCCCCBr)NC12CC3CC(CC(C3)C1)C2. The summed E-state index contributed by atoms with van der Waals surface area (Å²) in [5.41, 5.74) is 6.83. The fraction of sp³-hybridized carbons (Fsp3) is 0.962. The van der Waals surface area contributed by atoms with Crippen molar-refractivity contribution in [2.24, 2.45) is 41.2 Å². The molecule has 0 radical (unpaired) electrons. The first kappa shape index (κ1) is 24.3. The number of halogens is 2. The van der Waals surface area contributed by atoms with Gasteiger partial charge in [-0.1, -0.05) is 22.4 Å². The van der Waals surface area contributed by atoms with Crippen LogP contribution in [0.15, 0.2) is 0 Å². The van der Waals surface area contributed by atoms with E-state index in [1.165, 1.54) is 89.9 Å². The van der Waals surface area contributed by atoms with Crippen molar-refractivity contribution in [3.05, 3.63) is 0 Å². The highest BCUT2D eigenvalue weighted by Gasteiger charge is 2.51. The molecule has 0 aromatic carbocycles. The molecule has 8 rings (SSSR count). The Morgan fingerprint density at radius 1 is 0.742 bits per heavy atom. The molecule has 0 aromatic heterocycles. The number of unbranched alkanes of at least 4 members (excludes halogenated alkanes) is 2. The summed E-state index contributed by atoms with van der Waals surface area (Å²) in [7, 11) is 0. The maximum Gasteiger partial charge on any atom is 0.220 e. The van der Waals surface area contributed by atoms with Crippen molar-refractivity contribution in [3.63, 3.8) is 0 Å². The van der Waals surface area contributed by atoms with E-state index in [1.807, 2.05) is 0 Å². The fourth-order valence-corrected chi connectivity index (χ4v) is 9.75. The van der Waals surface area contributed by atoms with Gasteiger partial charge >= 0.3 is 0 Å². The maximum atomic E-state index is 12.2. The quantitative estimate of drug-likeness (QED) is 0.319. The standard InChI is InChI=1S/C16H26BrNO.C10H17N.ClH/c17-5-3-1-2-4-15(19)18-16-9-12-6-13(10-16)8-14(7-12)11-16;11-10-4-7-1-8(5-10)3-9(2-7)6-10;/h12-14H,1-11H2,(H,18,19);7-9H,1-6,11H2;1H. The average molecular weight is 516 g/mol. The first-order valence-corrected chi connectivity index (χ1v) is 14.2. The zero-order valence-corrected chi connectivity index (χ0v) is 21.7. The number of carbonyl (C=O) groups excluding carboxylic acids is 1. The molecule has 8 aliphatic rings. The highest BCUT2D eigenvalue weighted by molar-refractivity contribution is 9.09. The van der Waals surface area contributed by atoms with Crippen LogP contribution in [0.2, 0.25) is 0 Å². The Hall–Kier alpha value is 0.200. The van der Waals surface area contributed by atoms with Crippen LogP contribution in [0.25, 0.3) is 0 Å². The molecule has 0 aliphatic heterocycles. The second-order valence-electron chi connectivity index (χ2n) is 12.5. The predicted octanol–water partition coefficient (Wildman–Crippen LogP) is 6.36. The molecular weight excluding hydrogens is 472 g/mol. The van der Waals surface area contributed by atoms with E-state index < -0.39 is 0 Å². The van der Waals surface area contributed by atoms with Gasteiger partial charge in [-0.05, 0) is 125 Å². The number of carbonyl (C=O) groups is 1. The van der Waals surface area contributed by atoms with E-state index in [-0.39, 0.29) is 17.9 Å². The van der Waals surface area contributed by atoms with E-state index in [9.17, 15) is 4.79 Å². The second-order valence-corrected chi connectivity index (χ2v) is 13.3. The first-order valence-electron chi connectivity index (χ1n) is 13.1. The third kappa shape index (κ3) is 5.65. The number of hydrogen-bond donors (Lipinski definition) is 2. The lowest BCUT2D eigenvalue weighted by molar-refractivity contribution is -0.127. The Morgan fingerprint density at radius 2 is 1.16 bits per heavy atom. The summed E-state index contributed by atoms with van der Waals surface area (Å²) >= 11 is 3.44. The maximum absolute atomic E-state index is 12.2. The lowest BCUT2D eigenvalue weighted by Crippen LogP contribution is -2.59. The van der Waals surface area contributed by atoms with Gasteiger partial charge in [0.15, 0.2) is 0 Å². The number of nitrogens with two attached hydrogens (primary N) is 1. The Balaban J connectivity index is 0.000000163. The van der Waals surface area contributed by atoms with Crippen LogP contribution < -0.4 is 11.1 Å². The minimum atomic E-state index is 0. The van der Waals surface area contributed by atoms with Crippen molar-refractivity contribution in [2.45, 2.75) is 114 Å².